The lowest BCUT2D eigenvalue weighted by molar-refractivity contribution is 0.305. The van der Waals surface area contributed by atoms with Crippen LogP contribution in [0.2, 0.25) is 5.02 Å². The van der Waals surface area contributed by atoms with Crippen LogP contribution in [0.4, 0.5) is 10.2 Å². The SMILES string of the molecule is N#Cc1nc(N2CC(CF)C2)ccc1Cl. The Balaban J connectivity index is 2.14. The van der Waals surface area contributed by atoms with E-state index in [4.69, 9.17) is 16.9 Å². The summed E-state index contributed by atoms with van der Waals surface area (Å²) < 4.78 is 12.2. The van der Waals surface area contributed by atoms with Crippen LogP contribution in [0.1, 0.15) is 5.69 Å². The molecule has 2 rings (SSSR count). The molecule has 3 nitrogen and oxygen atoms in total. The number of pyridine rings is 1. The summed E-state index contributed by atoms with van der Waals surface area (Å²) in [6, 6.07) is 5.31. The number of alkyl halides is 1. The molecule has 2 heterocycles. The Kier molecular flexibility index (Phi) is 2.74. The van der Waals surface area contributed by atoms with Crippen LogP contribution in [-0.4, -0.2) is 24.7 Å². The summed E-state index contributed by atoms with van der Waals surface area (Å²) in [5, 5.41) is 9.09. The Labute approximate surface area is 92.1 Å². The van der Waals surface area contributed by atoms with Gasteiger partial charge in [0.15, 0.2) is 5.69 Å². The highest BCUT2D eigenvalue weighted by atomic mass is 35.5. The molecule has 0 N–H and O–H groups in total. The molecule has 0 unspecified atom stereocenters. The fourth-order valence-electron chi connectivity index (χ4n) is 1.54. The van der Waals surface area contributed by atoms with Crippen LogP contribution in [0.3, 0.4) is 0 Å². The van der Waals surface area contributed by atoms with Crippen molar-refractivity contribution in [1.29, 1.82) is 5.26 Å². The van der Waals surface area contributed by atoms with E-state index in [-0.39, 0.29) is 18.3 Å². The summed E-state index contributed by atoms with van der Waals surface area (Å²) in [5.74, 6) is 0.800. The van der Waals surface area contributed by atoms with Crippen LogP contribution in [0.5, 0.6) is 0 Å². The predicted molar refractivity (Wildman–Crippen MR) is 55.6 cm³/mol. The summed E-state index contributed by atoms with van der Waals surface area (Å²) in [4.78, 5) is 6.02. The van der Waals surface area contributed by atoms with Gasteiger partial charge in [0.2, 0.25) is 0 Å². The van der Waals surface area contributed by atoms with Crippen LogP contribution in [-0.2, 0) is 0 Å². The largest absolute Gasteiger partial charge is 0.356 e. The number of hydrogen-bond acceptors (Lipinski definition) is 3. The third kappa shape index (κ3) is 1.88. The second kappa shape index (κ2) is 4.03. The Morgan fingerprint density at radius 2 is 2.33 bits per heavy atom. The van der Waals surface area contributed by atoms with Crippen molar-refractivity contribution in [2.75, 3.05) is 24.7 Å². The zero-order valence-electron chi connectivity index (χ0n) is 7.95. The van der Waals surface area contributed by atoms with Gasteiger partial charge >= 0.3 is 0 Å². The average molecular weight is 226 g/mol. The van der Waals surface area contributed by atoms with Gasteiger partial charge in [-0.1, -0.05) is 11.6 Å². The molecule has 0 atom stereocenters. The molecule has 1 aliphatic heterocycles. The summed E-state index contributed by atoms with van der Waals surface area (Å²) in [6.07, 6.45) is 0. The minimum Gasteiger partial charge on any atom is -0.356 e. The van der Waals surface area contributed by atoms with Gasteiger partial charge in [-0.05, 0) is 12.1 Å². The first-order chi connectivity index (χ1) is 7.24. The van der Waals surface area contributed by atoms with Crippen molar-refractivity contribution in [2.45, 2.75) is 0 Å². The number of hydrogen-bond donors (Lipinski definition) is 0. The van der Waals surface area contributed by atoms with Gasteiger partial charge in [0.25, 0.3) is 0 Å². The average Bonchev–Trinajstić information content (AvgIpc) is 2.19. The van der Waals surface area contributed by atoms with Crippen molar-refractivity contribution in [3.63, 3.8) is 0 Å². The molecular formula is C10H9ClFN3. The highest BCUT2D eigenvalue weighted by Crippen LogP contribution is 2.25. The smallest absolute Gasteiger partial charge is 0.161 e. The van der Waals surface area contributed by atoms with E-state index in [0.29, 0.717) is 23.9 Å². The predicted octanol–water partition coefficient (Wildman–Crippen LogP) is 2.01. The number of nitrogens with zero attached hydrogens (tertiary/aromatic N) is 3. The second-order valence-corrected chi connectivity index (χ2v) is 3.94. The molecule has 1 aromatic rings. The minimum atomic E-state index is -0.296. The van der Waals surface area contributed by atoms with E-state index in [0.717, 1.165) is 0 Å². The third-order valence-electron chi connectivity index (χ3n) is 2.44. The van der Waals surface area contributed by atoms with E-state index >= 15 is 0 Å². The molecular weight excluding hydrogens is 217 g/mol. The van der Waals surface area contributed by atoms with Crippen molar-refractivity contribution in [1.82, 2.24) is 4.98 Å². The number of rotatable bonds is 2. The molecule has 0 aliphatic carbocycles. The fourth-order valence-corrected chi connectivity index (χ4v) is 1.69. The summed E-state index contributed by atoms with van der Waals surface area (Å²) in [5.41, 5.74) is 0.220. The molecule has 0 bridgehead atoms. The quantitative estimate of drug-likeness (QED) is 0.773. The second-order valence-electron chi connectivity index (χ2n) is 3.54. The van der Waals surface area contributed by atoms with Crippen molar-refractivity contribution < 1.29 is 4.39 Å². The highest BCUT2D eigenvalue weighted by Gasteiger charge is 2.27. The van der Waals surface area contributed by atoms with Gasteiger partial charge in [0, 0.05) is 19.0 Å². The Morgan fingerprint density at radius 1 is 1.60 bits per heavy atom. The first-order valence-corrected chi connectivity index (χ1v) is 5.00. The normalized spacial score (nSPS) is 15.9. The number of nitriles is 1. The van der Waals surface area contributed by atoms with Gasteiger partial charge in [-0.2, -0.15) is 5.26 Å². The molecule has 0 saturated carbocycles. The van der Waals surface area contributed by atoms with Gasteiger partial charge in [0.1, 0.15) is 11.9 Å². The maximum Gasteiger partial charge on any atom is 0.161 e. The molecule has 1 aliphatic rings. The number of anilines is 1. The Morgan fingerprint density at radius 3 is 2.93 bits per heavy atom. The van der Waals surface area contributed by atoms with Crippen molar-refractivity contribution in [3.8, 4) is 6.07 Å². The lowest BCUT2D eigenvalue weighted by Gasteiger charge is -2.38. The highest BCUT2D eigenvalue weighted by molar-refractivity contribution is 6.31. The van der Waals surface area contributed by atoms with Crippen LogP contribution in [0.25, 0.3) is 0 Å². The van der Waals surface area contributed by atoms with E-state index in [1.165, 1.54) is 0 Å². The van der Waals surface area contributed by atoms with Crippen molar-refractivity contribution in [3.05, 3.63) is 22.8 Å². The van der Waals surface area contributed by atoms with E-state index in [1.807, 2.05) is 11.0 Å². The van der Waals surface area contributed by atoms with E-state index in [1.54, 1.807) is 12.1 Å². The van der Waals surface area contributed by atoms with Gasteiger partial charge in [-0.25, -0.2) is 4.98 Å². The van der Waals surface area contributed by atoms with Crippen LogP contribution >= 0.6 is 11.6 Å². The number of halogens is 2. The lowest BCUT2D eigenvalue weighted by Crippen LogP contribution is -2.48. The summed E-state index contributed by atoms with van der Waals surface area (Å²) in [6.45, 7) is 1.03. The zero-order chi connectivity index (χ0) is 10.8. The molecule has 15 heavy (non-hydrogen) atoms. The molecule has 5 heteroatoms. The van der Waals surface area contributed by atoms with Crippen molar-refractivity contribution >= 4 is 17.4 Å². The van der Waals surface area contributed by atoms with Crippen molar-refractivity contribution in [2.24, 2.45) is 5.92 Å². The van der Waals surface area contributed by atoms with Gasteiger partial charge in [-0.15, -0.1) is 0 Å². The Hall–Kier alpha value is -1.34. The molecule has 1 aromatic heterocycles. The topological polar surface area (TPSA) is 39.9 Å². The summed E-state index contributed by atoms with van der Waals surface area (Å²) >= 11 is 5.75. The minimum absolute atomic E-state index is 0.105. The van der Waals surface area contributed by atoms with Gasteiger partial charge < -0.3 is 4.90 Å². The summed E-state index contributed by atoms with van der Waals surface area (Å²) in [7, 11) is 0. The molecule has 78 valence electrons. The molecule has 0 radical (unpaired) electrons. The number of aromatic nitrogens is 1. The van der Waals surface area contributed by atoms with Crippen LogP contribution in [0.15, 0.2) is 12.1 Å². The molecule has 0 amide bonds. The maximum atomic E-state index is 12.2. The molecule has 0 spiro atoms. The van der Waals surface area contributed by atoms with Gasteiger partial charge in [-0.3, -0.25) is 4.39 Å². The fraction of sp³-hybridized carbons (Fsp3) is 0.400. The lowest BCUT2D eigenvalue weighted by atomic mass is 10.0. The Bertz CT molecular complexity index is 410. The standard InChI is InChI=1S/C10H9ClFN3/c11-8-1-2-10(14-9(8)4-13)15-5-7(3-12)6-15/h1-2,7H,3,5-6H2. The van der Waals surface area contributed by atoms with Crippen LogP contribution < -0.4 is 4.90 Å². The molecule has 1 fully saturated rings. The monoisotopic (exact) mass is 225 g/mol. The third-order valence-corrected chi connectivity index (χ3v) is 2.74. The van der Waals surface area contributed by atoms with Gasteiger partial charge in [0.05, 0.1) is 11.7 Å². The van der Waals surface area contributed by atoms with E-state index < -0.39 is 0 Å². The van der Waals surface area contributed by atoms with Crippen LogP contribution in [0, 0.1) is 17.2 Å². The maximum absolute atomic E-state index is 12.2. The van der Waals surface area contributed by atoms with E-state index in [2.05, 4.69) is 4.98 Å². The molecule has 1 saturated heterocycles. The zero-order valence-corrected chi connectivity index (χ0v) is 8.71. The molecule has 0 aromatic carbocycles. The first-order valence-electron chi connectivity index (χ1n) is 4.62. The first kappa shape index (κ1) is 10.2. The van der Waals surface area contributed by atoms with E-state index in [9.17, 15) is 4.39 Å².